The van der Waals surface area contributed by atoms with Crippen LogP contribution < -0.4 is 4.74 Å². The van der Waals surface area contributed by atoms with Crippen LogP contribution in [0.4, 0.5) is 13.2 Å². The molecule has 0 radical (unpaired) electrons. The molecule has 0 unspecified atom stereocenters. The van der Waals surface area contributed by atoms with Crippen molar-refractivity contribution in [3.05, 3.63) is 42.2 Å². The molecule has 4 rings (SSSR count). The fraction of sp³-hybridized carbons (Fsp3) is 0.500. The number of hydrogen-bond acceptors (Lipinski definition) is 7. The minimum Gasteiger partial charge on any atom is -0.475 e. The lowest BCUT2D eigenvalue weighted by Gasteiger charge is -2.39. The molecular formula is C20H22F3N3O6. The zero-order valence-electron chi connectivity index (χ0n) is 17.2. The van der Waals surface area contributed by atoms with Gasteiger partial charge in [-0.2, -0.15) is 13.2 Å². The van der Waals surface area contributed by atoms with Gasteiger partial charge in [-0.05, 0) is 25.8 Å². The Labute approximate surface area is 181 Å². The predicted molar refractivity (Wildman–Crippen MR) is 102 cm³/mol. The molecular weight excluding hydrogens is 435 g/mol. The lowest BCUT2D eigenvalue weighted by atomic mass is 9.89. The molecule has 2 aliphatic heterocycles. The van der Waals surface area contributed by atoms with Crippen LogP contribution in [0.3, 0.4) is 0 Å². The monoisotopic (exact) mass is 457 g/mol. The van der Waals surface area contributed by atoms with Gasteiger partial charge in [0.05, 0.1) is 24.4 Å². The van der Waals surface area contributed by atoms with E-state index in [2.05, 4.69) is 9.97 Å². The van der Waals surface area contributed by atoms with E-state index in [0.717, 1.165) is 19.3 Å². The van der Waals surface area contributed by atoms with Crippen molar-refractivity contribution in [2.45, 2.75) is 44.1 Å². The summed E-state index contributed by atoms with van der Waals surface area (Å²) in [5, 5.41) is 7.12. The molecule has 32 heavy (non-hydrogen) atoms. The fourth-order valence-corrected chi connectivity index (χ4v) is 3.67. The Morgan fingerprint density at radius 2 is 2.06 bits per heavy atom. The topological polar surface area (TPSA) is 115 Å². The van der Waals surface area contributed by atoms with Crippen molar-refractivity contribution < 1.29 is 41.8 Å². The highest BCUT2D eigenvalue weighted by Crippen LogP contribution is 2.36. The fourth-order valence-electron chi connectivity index (χ4n) is 3.67. The summed E-state index contributed by atoms with van der Waals surface area (Å²) in [4.78, 5) is 31.6. The molecule has 12 heteroatoms. The van der Waals surface area contributed by atoms with Crippen LogP contribution in [0.25, 0.3) is 0 Å². The first-order valence-electron chi connectivity index (χ1n) is 9.81. The van der Waals surface area contributed by atoms with E-state index in [-0.39, 0.29) is 17.6 Å². The van der Waals surface area contributed by atoms with Gasteiger partial charge in [-0.3, -0.25) is 4.79 Å². The van der Waals surface area contributed by atoms with Gasteiger partial charge >= 0.3 is 12.1 Å². The van der Waals surface area contributed by atoms with E-state index >= 15 is 0 Å². The third-order valence-corrected chi connectivity index (χ3v) is 5.11. The number of carbonyl (C=O) groups excluding carboxylic acids is 1. The molecule has 1 spiro atoms. The van der Waals surface area contributed by atoms with Gasteiger partial charge in [0.15, 0.2) is 6.39 Å². The Hall–Kier alpha value is -3.15. The number of amides is 1. The van der Waals surface area contributed by atoms with Crippen LogP contribution in [0, 0.1) is 6.92 Å². The second-order valence-corrected chi connectivity index (χ2v) is 7.51. The quantitative estimate of drug-likeness (QED) is 0.748. The summed E-state index contributed by atoms with van der Waals surface area (Å²) in [6.07, 6.45) is 0.468. The number of likely N-dealkylation sites (tertiary alicyclic amines) is 1. The number of aromatic nitrogens is 2. The average Bonchev–Trinajstić information content (AvgIpc) is 3.34. The van der Waals surface area contributed by atoms with Crippen LogP contribution in [0.5, 0.6) is 5.88 Å². The molecule has 0 bridgehead atoms. The second kappa shape index (κ2) is 9.55. The third-order valence-electron chi connectivity index (χ3n) is 5.11. The number of carboxylic acids is 1. The summed E-state index contributed by atoms with van der Waals surface area (Å²) in [6.45, 7) is 3.54. The highest BCUT2D eigenvalue weighted by molar-refractivity contribution is 5.92. The SMILES string of the molecule is Cc1ncoc1C(=O)N1CCC[C@]2(C[C@H](Oc3ccccn3)CO2)C1.O=C(O)C(F)(F)F. The number of ether oxygens (including phenoxy) is 2. The molecule has 1 N–H and O–H groups in total. The lowest BCUT2D eigenvalue weighted by molar-refractivity contribution is -0.192. The molecule has 174 valence electrons. The largest absolute Gasteiger partial charge is 0.490 e. The van der Waals surface area contributed by atoms with Crippen molar-refractivity contribution >= 4 is 11.9 Å². The van der Waals surface area contributed by atoms with Gasteiger partial charge in [0.2, 0.25) is 11.6 Å². The summed E-state index contributed by atoms with van der Waals surface area (Å²) >= 11 is 0. The first-order chi connectivity index (χ1) is 15.1. The number of rotatable bonds is 3. The summed E-state index contributed by atoms with van der Waals surface area (Å²) in [7, 11) is 0. The first kappa shape index (κ1) is 23.5. The zero-order chi connectivity index (χ0) is 23.4. The van der Waals surface area contributed by atoms with E-state index < -0.39 is 12.1 Å². The minimum absolute atomic E-state index is 0.0445. The maximum absolute atomic E-state index is 12.7. The van der Waals surface area contributed by atoms with Gasteiger partial charge < -0.3 is 23.9 Å². The van der Waals surface area contributed by atoms with E-state index in [1.165, 1.54) is 6.39 Å². The van der Waals surface area contributed by atoms with Gasteiger partial charge in [-0.25, -0.2) is 14.8 Å². The van der Waals surface area contributed by atoms with E-state index in [0.29, 0.717) is 37.0 Å². The number of oxazole rings is 1. The maximum Gasteiger partial charge on any atom is 0.490 e. The van der Waals surface area contributed by atoms with Crippen molar-refractivity contribution in [2.24, 2.45) is 0 Å². The van der Waals surface area contributed by atoms with Crippen LogP contribution >= 0.6 is 0 Å². The van der Waals surface area contributed by atoms with Gasteiger partial charge in [0.25, 0.3) is 5.91 Å². The van der Waals surface area contributed by atoms with Crippen molar-refractivity contribution in [1.82, 2.24) is 14.9 Å². The van der Waals surface area contributed by atoms with Crippen LogP contribution in [-0.4, -0.2) is 69.4 Å². The summed E-state index contributed by atoms with van der Waals surface area (Å²) in [5.41, 5.74) is 0.273. The summed E-state index contributed by atoms with van der Waals surface area (Å²) < 4.78 is 49.0. The maximum atomic E-state index is 12.7. The molecule has 4 heterocycles. The minimum atomic E-state index is -5.08. The number of aliphatic carboxylic acids is 1. The molecule has 0 aliphatic carbocycles. The Bertz CT molecular complexity index is 936. The number of nitrogens with zero attached hydrogens (tertiary/aromatic N) is 3. The molecule has 0 aromatic carbocycles. The molecule has 9 nitrogen and oxygen atoms in total. The van der Waals surface area contributed by atoms with E-state index in [1.54, 1.807) is 18.0 Å². The standard InChI is InChI=1S/C18H21N3O4.C2HF3O2/c1-13-16(23-12-20-13)17(22)21-8-4-6-18(11-21)9-14(10-24-18)25-15-5-2-3-7-19-15;3-2(4,5)1(6)7/h2-3,5,7,12,14H,4,6,8-11H2,1H3;(H,6,7)/t14-,18-;/m0./s1. The van der Waals surface area contributed by atoms with Gasteiger partial charge in [-0.15, -0.1) is 0 Å². The summed E-state index contributed by atoms with van der Waals surface area (Å²) in [6, 6.07) is 5.60. The molecule has 2 aromatic rings. The number of pyridine rings is 1. The van der Waals surface area contributed by atoms with Crippen LogP contribution in [-0.2, 0) is 9.53 Å². The number of hydrogen-bond donors (Lipinski definition) is 1. The molecule has 1 amide bonds. The Morgan fingerprint density at radius 1 is 1.31 bits per heavy atom. The normalized spacial score (nSPS) is 22.9. The van der Waals surface area contributed by atoms with E-state index in [9.17, 15) is 18.0 Å². The highest BCUT2D eigenvalue weighted by atomic mass is 19.4. The van der Waals surface area contributed by atoms with Crippen molar-refractivity contribution in [1.29, 1.82) is 0 Å². The Balaban J connectivity index is 0.000000360. The van der Waals surface area contributed by atoms with Crippen molar-refractivity contribution in [3.63, 3.8) is 0 Å². The number of aryl methyl sites for hydroxylation is 1. The summed E-state index contributed by atoms with van der Waals surface area (Å²) in [5.74, 6) is -1.95. The number of carbonyl (C=O) groups is 2. The number of alkyl halides is 3. The van der Waals surface area contributed by atoms with Gasteiger partial charge in [0, 0.05) is 25.2 Å². The molecule has 0 saturated carbocycles. The molecule has 2 saturated heterocycles. The van der Waals surface area contributed by atoms with Crippen LogP contribution in [0.15, 0.2) is 35.2 Å². The number of halogens is 3. The van der Waals surface area contributed by atoms with Crippen molar-refractivity contribution in [3.8, 4) is 5.88 Å². The van der Waals surface area contributed by atoms with E-state index in [1.807, 2.05) is 18.2 Å². The second-order valence-electron chi connectivity index (χ2n) is 7.51. The molecule has 2 fully saturated rings. The van der Waals surface area contributed by atoms with Crippen LogP contribution in [0.2, 0.25) is 0 Å². The number of piperidine rings is 1. The Kier molecular flexibility index (Phi) is 7.02. The predicted octanol–water partition coefficient (Wildman–Crippen LogP) is 2.85. The third kappa shape index (κ3) is 5.75. The first-order valence-corrected chi connectivity index (χ1v) is 9.81. The highest BCUT2D eigenvalue weighted by Gasteiger charge is 2.46. The van der Waals surface area contributed by atoms with Gasteiger partial charge in [-0.1, -0.05) is 6.07 Å². The zero-order valence-corrected chi connectivity index (χ0v) is 17.2. The lowest BCUT2D eigenvalue weighted by Crippen LogP contribution is -2.50. The van der Waals surface area contributed by atoms with Crippen LogP contribution in [0.1, 0.15) is 35.5 Å². The molecule has 2 aromatic heterocycles. The van der Waals surface area contributed by atoms with Crippen molar-refractivity contribution in [2.75, 3.05) is 19.7 Å². The Morgan fingerprint density at radius 3 is 2.66 bits per heavy atom. The number of carboxylic acid groups (broad SMARTS) is 1. The van der Waals surface area contributed by atoms with E-state index in [4.69, 9.17) is 23.8 Å². The molecule has 2 aliphatic rings. The van der Waals surface area contributed by atoms with Gasteiger partial charge in [0.1, 0.15) is 6.10 Å². The molecule has 2 atom stereocenters. The average molecular weight is 457 g/mol. The smallest absolute Gasteiger partial charge is 0.475 e.